The van der Waals surface area contributed by atoms with Crippen molar-refractivity contribution in [3.8, 4) is 0 Å². The third-order valence-electron chi connectivity index (χ3n) is 1.39. The quantitative estimate of drug-likeness (QED) is 0.529. The molecule has 0 aromatic rings. The standard InChI is InChI=1S/C6H11NS/c1-6-4-3-5-8(6,2)7/h3-5H,7H2,1-2H3. The van der Waals surface area contributed by atoms with Crippen LogP contribution < -0.4 is 5.14 Å². The lowest BCUT2D eigenvalue weighted by atomic mass is 10.5. The van der Waals surface area contributed by atoms with Crippen molar-refractivity contribution in [3.05, 3.63) is 22.5 Å². The molecule has 1 nitrogen and oxygen atoms in total. The summed E-state index contributed by atoms with van der Waals surface area (Å²) in [6, 6.07) is 0. The smallest absolute Gasteiger partial charge is 0.0154 e. The molecule has 0 aromatic carbocycles. The summed E-state index contributed by atoms with van der Waals surface area (Å²) in [5, 5.41) is 7.94. The predicted molar refractivity (Wildman–Crippen MR) is 40.6 cm³/mol. The molecule has 2 heteroatoms. The number of allylic oxidation sites excluding steroid dienone is 3. The van der Waals surface area contributed by atoms with E-state index >= 15 is 0 Å². The van der Waals surface area contributed by atoms with Crippen molar-refractivity contribution < 1.29 is 0 Å². The normalized spacial score (nSPS) is 43.6. The number of hydrogen-bond donors (Lipinski definition) is 1. The predicted octanol–water partition coefficient (Wildman–Crippen LogP) is 1.73. The van der Waals surface area contributed by atoms with Gasteiger partial charge in [0.2, 0.25) is 0 Å². The summed E-state index contributed by atoms with van der Waals surface area (Å²) in [5.41, 5.74) is 0. The Morgan fingerprint density at radius 3 is 2.38 bits per heavy atom. The first-order valence-corrected chi connectivity index (χ1v) is 4.71. The Bertz CT molecular complexity index is 156. The van der Waals surface area contributed by atoms with Crippen LogP contribution in [0.2, 0.25) is 0 Å². The number of hydrogen-bond acceptors (Lipinski definition) is 1. The summed E-state index contributed by atoms with van der Waals surface area (Å²) < 4.78 is 0. The van der Waals surface area contributed by atoms with Gasteiger partial charge in [0.1, 0.15) is 0 Å². The lowest BCUT2D eigenvalue weighted by molar-refractivity contribution is 1.65. The van der Waals surface area contributed by atoms with Crippen LogP contribution in [-0.4, -0.2) is 6.26 Å². The minimum Gasteiger partial charge on any atom is -0.288 e. The Morgan fingerprint density at radius 2 is 2.25 bits per heavy atom. The van der Waals surface area contributed by atoms with E-state index in [1.165, 1.54) is 4.91 Å². The van der Waals surface area contributed by atoms with Crippen molar-refractivity contribution in [2.24, 2.45) is 5.14 Å². The highest BCUT2D eigenvalue weighted by molar-refractivity contribution is 8.37. The second kappa shape index (κ2) is 1.64. The van der Waals surface area contributed by atoms with Gasteiger partial charge in [0.15, 0.2) is 0 Å². The van der Waals surface area contributed by atoms with Crippen LogP contribution in [0.5, 0.6) is 0 Å². The lowest BCUT2D eigenvalue weighted by Crippen LogP contribution is -2.03. The topological polar surface area (TPSA) is 26.0 Å². The van der Waals surface area contributed by atoms with Crippen LogP contribution in [0.3, 0.4) is 0 Å². The first-order valence-electron chi connectivity index (χ1n) is 2.54. The third-order valence-corrected chi connectivity index (χ3v) is 3.63. The Hall–Kier alpha value is -0.210. The molecule has 0 saturated heterocycles. The molecular weight excluding hydrogens is 118 g/mol. The van der Waals surface area contributed by atoms with Crippen LogP contribution in [-0.2, 0) is 0 Å². The minimum absolute atomic E-state index is 0.944. The Labute approximate surface area is 51.7 Å². The summed E-state index contributed by atoms with van der Waals surface area (Å²) >= 11 is 0. The van der Waals surface area contributed by atoms with E-state index in [1.54, 1.807) is 0 Å². The van der Waals surface area contributed by atoms with E-state index in [0.717, 1.165) is 0 Å². The van der Waals surface area contributed by atoms with E-state index in [4.69, 9.17) is 5.14 Å². The van der Waals surface area contributed by atoms with Crippen LogP contribution in [0.4, 0.5) is 0 Å². The molecule has 1 heterocycles. The highest BCUT2D eigenvalue weighted by Crippen LogP contribution is 2.48. The van der Waals surface area contributed by atoms with E-state index in [9.17, 15) is 0 Å². The summed E-state index contributed by atoms with van der Waals surface area (Å²) in [6.07, 6.45) is 6.20. The maximum absolute atomic E-state index is 5.85. The van der Waals surface area contributed by atoms with E-state index in [2.05, 4.69) is 24.7 Å². The Kier molecular flexibility index (Phi) is 1.21. The molecule has 8 heavy (non-hydrogen) atoms. The molecule has 1 unspecified atom stereocenters. The molecule has 46 valence electrons. The fraction of sp³-hybridized carbons (Fsp3) is 0.333. The van der Waals surface area contributed by atoms with Crippen molar-refractivity contribution in [2.45, 2.75) is 6.92 Å². The first kappa shape index (κ1) is 5.92. The number of rotatable bonds is 0. The average molecular weight is 129 g/mol. The van der Waals surface area contributed by atoms with Crippen molar-refractivity contribution in [3.63, 3.8) is 0 Å². The van der Waals surface area contributed by atoms with Gasteiger partial charge in [0, 0.05) is 0 Å². The third kappa shape index (κ3) is 0.812. The minimum atomic E-state index is -0.944. The first-order chi connectivity index (χ1) is 3.63. The van der Waals surface area contributed by atoms with Crippen LogP contribution in [0.1, 0.15) is 6.92 Å². The zero-order chi connectivity index (χ0) is 6.20. The van der Waals surface area contributed by atoms with Crippen LogP contribution >= 0.6 is 10.2 Å². The molecule has 0 radical (unpaired) electrons. The van der Waals surface area contributed by atoms with Gasteiger partial charge in [0.25, 0.3) is 0 Å². The van der Waals surface area contributed by atoms with Gasteiger partial charge >= 0.3 is 0 Å². The Morgan fingerprint density at radius 1 is 1.62 bits per heavy atom. The molecule has 1 aliphatic rings. The summed E-state index contributed by atoms with van der Waals surface area (Å²) in [6.45, 7) is 2.08. The van der Waals surface area contributed by atoms with Gasteiger partial charge in [0.05, 0.1) is 0 Å². The molecule has 1 atom stereocenters. The second-order valence-electron chi connectivity index (χ2n) is 2.15. The lowest BCUT2D eigenvalue weighted by Gasteiger charge is -2.23. The van der Waals surface area contributed by atoms with Crippen molar-refractivity contribution >= 4 is 10.2 Å². The van der Waals surface area contributed by atoms with Gasteiger partial charge in [-0.25, -0.2) is 0 Å². The molecule has 0 aliphatic carbocycles. The van der Waals surface area contributed by atoms with Gasteiger partial charge in [-0.1, -0.05) is 12.2 Å². The van der Waals surface area contributed by atoms with E-state index in [1.807, 2.05) is 6.08 Å². The number of nitrogens with two attached hydrogens (primary N) is 1. The summed E-state index contributed by atoms with van der Waals surface area (Å²) in [7, 11) is -0.944. The summed E-state index contributed by atoms with van der Waals surface area (Å²) in [5.74, 6) is 0. The van der Waals surface area contributed by atoms with Crippen molar-refractivity contribution in [1.82, 2.24) is 0 Å². The SMILES string of the molecule is CC1=CC=CS1(C)N. The van der Waals surface area contributed by atoms with E-state index in [-0.39, 0.29) is 0 Å². The average Bonchev–Trinajstić information content (AvgIpc) is 1.86. The molecular formula is C6H11NS. The van der Waals surface area contributed by atoms with Crippen molar-refractivity contribution in [2.75, 3.05) is 6.26 Å². The fourth-order valence-electron chi connectivity index (χ4n) is 0.592. The molecule has 0 spiro atoms. The highest BCUT2D eigenvalue weighted by Gasteiger charge is 2.12. The van der Waals surface area contributed by atoms with Crippen LogP contribution in [0, 0.1) is 0 Å². The second-order valence-corrected chi connectivity index (χ2v) is 5.16. The molecule has 2 N–H and O–H groups in total. The van der Waals surface area contributed by atoms with Gasteiger partial charge in [-0.05, 0) is 23.5 Å². The fourth-order valence-corrected chi connectivity index (χ4v) is 1.58. The van der Waals surface area contributed by atoms with Crippen LogP contribution in [0.25, 0.3) is 0 Å². The maximum atomic E-state index is 5.85. The van der Waals surface area contributed by atoms with Gasteiger partial charge in [-0.2, -0.15) is 10.2 Å². The zero-order valence-corrected chi connectivity index (χ0v) is 6.03. The van der Waals surface area contributed by atoms with Gasteiger partial charge in [-0.15, -0.1) is 0 Å². The molecule has 1 aliphatic heterocycles. The van der Waals surface area contributed by atoms with Crippen LogP contribution in [0.15, 0.2) is 22.5 Å². The van der Waals surface area contributed by atoms with Crippen molar-refractivity contribution in [1.29, 1.82) is 0 Å². The monoisotopic (exact) mass is 129 g/mol. The van der Waals surface area contributed by atoms with E-state index in [0.29, 0.717) is 0 Å². The largest absolute Gasteiger partial charge is 0.288 e. The van der Waals surface area contributed by atoms with E-state index < -0.39 is 10.2 Å². The maximum Gasteiger partial charge on any atom is -0.0154 e. The summed E-state index contributed by atoms with van der Waals surface area (Å²) in [4.78, 5) is 1.32. The highest BCUT2D eigenvalue weighted by atomic mass is 32.3. The molecule has 0 amide bonds. The van der Waals surface area contributed by atoms with Gasteiger partial charge < -0.3 is 0 Å². The van der Waals surface area contributed by atoms with Gasteiger partial charge in [-0.3, -0.25) is 5.14 Å². The molecule has 0 fully saturated rings. The molecule has 0 bridgehead atoms. The molecule has 0 aromatic heterocycles. The Balaban J connectivity index is 2.87. The zero-order valence-electron chi connectivity index (χ0n) is 5.22. The molecule has 1 rings (SSSR count). The molecule has 0 saturated carbocycles.